The first-order chi connectivity index (χ1) is 18.8. The van der Waals surface area contributed by atoms with E-state index in [1.165, 1.54) is 11.6 Å². The van der Waals surface area contributed by atoms with Crippen LogP contribution in [0, 0.1) is 0 Å². The average Bonchev–Trinajstić information content (AvgIpc) is 3.25. The molecule has 2 amide bonds. The summed E-state index contributed by atoms with van der Waals surface area (Å²) in [6.45, 7) is 0.990. The number of benzene rings is 2. The zero-order valence-electron chi connectivity index (χ0n) is 22.2. The van der Waals surface area contributed by atoms with E-state index in [0.717, 1.165) is 38.0 Å². The molecule has 1 aliphatic carbocycles. The third-order valence-corrected chi connectivity index (χ3v) is 7.47. The van der Waals surface area contributed by atoms with Gasteiger partial charge in [-0.3, -0.25) is 0 Å². The summed E-state index contributed by atoms with van der Waals surface area (Å²) in [5, 5.41) is 22.2. The number of amides is 2. The van der Waals surface area contributed by atoms with Gasteiger partial charge in [0.2, 0.25) is 0 Å². The molecule has 3 unspecified atom stereocenters. The topological polar surface area (TPSA) is 137 Å². The largest absolute Gasteiger partial charge is 0.493 e. The molecular weight excluding hydrogens is 535 g/mol. The van der Waals surface area contributed by atoms with Crippen molar-refractivity contribution in [2.75, 3.05) is 33.1 Å². The van der Waals surface area contributed by atoms with Crippen LogP contribution in [-0.2, 0) is 10.2 Å². The molecule has 2 aliphatic rings. The maximum Gasteiger partial charge on any atom is 0.490 e. The fourth-order valence-electron chi connectivity index (χ4n) is 5.52. The molecular formula is C27H32F3N3O7. The lowest BCUT2D eigenvalue weighted by atomic mass is 9.65. The highest BCUT2D eigenvalue weighted by Crippen LogP contribution is 2.49. The van der Waals surface area contributed by atoms with Gasteiger partial charge in [0.25, 0.3) is 0 Å². The number of methoxy groups -OCH3 is 2. The van der Waals surface area contributed by atoms with Crippen molar-refractivity contribution >= 4 is 23.7 Å². The molecule has 40 heavy (non-hydrogen) atoms. The van der Waals surface area contributed by atoms with Gasteiger partial charge in [-0.1, -0.05) is 18.2 Å². The van der Waals surface area contributed by atoms with Crippen LogP contribution in [0.25, 0.3) is 0 Å². The van der Waals surface area contributed by atoms with E-state index in [-0.39, 0.29) is 34.8 Å². The summed E-state index contributed by atoms with van der Waals surface area (Å²) < 4.78 is 42.7. The molecule has 3 atom stereocenters. The van der Waals surface area contributed by atoms with Crippen molar-refractivity contribution in [3.05, 3.63) is 53.6 Å². The Morgan fingerprint density at radius 3 is 2.27 bits per heavy atom. The van der Waals surface area contributed by atoms with Crippen molar-refractivity contribution in [3.8, 4) is 11.5 Å². The molecule has 10 nitrogen and oxygen atoms in total. The lowest BCUT2D eigenvalue weighted by Gasteiger charge is -2.45. The van der Waals surface area contributed by atoms with Gasteiger partial charge in [0.1, 0.15) is 0 Å². The number of rotatable bonds is 6. The number of halogens is 3. The minimum atomic E-state index is -5.08. The van der Waals surface area contributed by atoms with Crippen LogP contribution in [0.15, 0.2) is 42.5 Å². The van der Waals surface area contributed by atoms with Gasteiger partial charge in [-0.2, -0.15) is 13.2 Å². The van der Waals surface area contributed by atoms with Crippen LogP contribution in [0.4, 0.5) is 23.7 Å². The number of alkyl halides is 3. The van der Waals surface area contributed by atoms with Crippen LogP contribution in [0.1, 0.15) is 41.6 Å². The third kappa shape index (κ3) is 6.76. The van der Waals surface area contributed by atoms with Crippen LogP contribution < -0.4 is 20.1 Å². The van der Waals surface area contributed by atoms with Crippen LogP contribution in [-0.4, -0.2) is 79.2 Å². The normalized spacial score (nSPS) is 22.2. The lowest BCUT2D eigenvalue weighted by Crippen LogP contribution is -2.52. The number of carboxylic acids is 2. The summed E-state index contributed by atoms with van der Waals surface area (Å²) in [5.74, 6) is -2.38. The Balaban J connectivity index is 0.000000559. The van der Waals surface area contributed by atoms with E-state index >= 15 is 0 Å². The molecule has 1 heterocycles. The molecule has 2 fully saturated rings. The number of aromatic carboxylic acids is 1. The maximum atomic E-state index is 12.7. The molecule has 1 saturated carbocycles. The fraction of sp³-hybridized carbons (Fsp3) is 0.444. The number of nitrogens with one attached hydrogen (secondary N) is 2. The monoisotopic (exact) mass is 567 g/mol. The molecule has 2 aromatic carbocycles. The van der Waals surface area contributed by atoms with E-state index in [4.69, 9.17) is 19.4 Å². The number of carbonyl (C=O) groups is 3. The Bertz CT molecular complexity index is 1240. The number of likely N-dealkylation sites (tertiary alicyclic amines) is 1. The zero-order chi connectivity index (χ0) is 29.7. The predicted molar refractivity (Wildman–Crippen MR) is 139 cm³/mol. The number of para-hydroxylation sites is 1. The van der Waals surface area contributed by atoms with Crippen LogP contribution in [0.5, 0.6) is 11.5 Å². The standard InChI is InChI=1S/C25H31N3O5.C2HF3O2/c1-28-13-12-25(16-8-9-20(32-2)21(14-16)33-3)11-10-17(15-22(25)28)26-24(31)27-19-7-5-4-6-18(19)23(29)30;3-2(4,5)1(6)7/h4-9,14,17,22H,10-13,15H2,1-3H3,(H,29,30)(H2,26,27,31);(H,6,7). The number of likely N-dealkylation sites (N-methyl/N-ethyl adjacent to an activating group) is 1. The first-order valence-corrected chi connectivity index (χ1v) is 12.4. The van der Waals surface area contributed by atoms with Crippen LogP contribution in [0.2, 0.25) is 0 Å². The number of hydrogen-bond donors (Lipinski definition) is 4. The van der Waals surface area contributed by atoms with Crippen molar-refractivity contribution in [2.45, 2.75) is 49.4 Å². The number of nitrogens with zero attached hydrogens (tertiary/aromatic N) is 1. The number of fused-ring (bicyclic) bond motifs is 1. The Morgan fingerprint density at radius 1 is 1.02 bits per heavy atom. The number of ether oxygens (including phenoxy) is 2. The molecule has 1 saturated heterocycles. The highest BCUT2D eigenvalue weighted by Gasteiger charge is 2.50. The Kier molecular flexibility index (Phi) is 9.51. The molecule has 4 N–H and O–H groups in total. The SMILES string of the molecule is COc1ccc(C23CCC(NC(=O)Nc4ccccc4C(=O)O)CC2N(C)CC3)cc1OC.O=C(O)C(F)(F)F. The van der Waals surface area contributed by atoms with Crippen molar-refractivity contribution in [3.63, 3.8) is 0 Å². The second kappa shape index (κ2) is 12.5. The Morgan fingerprint density at radius 2 is 1.68 bits per heavy atom. The molecule has 0 aromatic heterocycles. The van der Waals surface area contributed by atoms with E-state index in [1.807, 2.05) is 6.07 Å². The third-order valence-electron chi connectivity index (χ3n) is 7.47. The van der Waals surface area contributed by atoms with Gasteiger partial charge in [0.15, 0.2) is 11.5 Å². The molecule has 2 aromatic rings. The van der Waals surface area contributed by atoms with Gasteiger partial charge in [0, 0.05) is 17.5 Å². The Labute approximate surface area is 229 Å². The van der Waals surface area contributed by atoms with Gasteiger partial charge < -0.3 is 35.2 Å². The molecule has 0 spiro atoms. The number of carboxylic acid groups (broad SMARTS) is 2. The first kappa shape index (κ1) is 30.5. The summed E-state index contributed by atoms with van der Waals surface area (Å²) in [6.07, 6.45) is -1.44. The lowest BCUT2D eigenvalue weighted by molar-refractivity contribution is -0.192. The highest BCUT2D eigenvalue weighted by molar-refractivity contribution is 6.00. The predicted octanol–water partition coefficient (Wildman–Crippen LogP) is 4.35. The number of aliphatic carboxylic acids is 1. The second-order valence-corrected chi connectivity index (χ2v) is 9.70. The molecule has 218 valence electrons. The highest BCUT2D eigenvalue weighted by atomic mass is 19.4. The van der Waals surface area contributed by atoms with E-state index in [1.54, 1.807) is 32.4 Å². The minimum absolute atomic E-state index is 0.000749. The van der Waals surface area contributed by atoms with Gasteiger partial charge in [-0.25, -0.2) is 14.4 Å². The van der Waals surface area contributed by atoms with Crippen molar-refractivity contribution < 1.29 is 47.2 Å². The smallest absolute Gasteiger partial charge is 0.490 e. The van der Waals surface area contributed by atoms with Gasteiger partial charge in [0.05, 0.1) is 25.5 Å². The van der Waals surface area contributed by atoms with Crippen LogP contribution in [0.3, 0.4) is 0 Å². The van der Waals surface area contributed by atoms with Crippen LogP contribution >= 0.6 is 0 Å². The van der Waals surface area contributed by atoms with Gasteiger partial charge in [-0.15, -0.1) is 0 Å². The molecule has 0 bridgehead atoms. The summed E-state index contributed by atoms with van der Waals surface area (Å²) >= 11 is 0. The number of anilines is 1. The molecule has 4 rings (SSSR count). The van der Waals surface area contributed by atoms with Gasteiger partial charge >= 0.3 is 24.1 Å². The van der Waals surface area contributed by atoms with Gasteiger partial charge in [-0.05, 0) is 69.1 Å². The molecule has 0 radical (unpaired) electrons. The quantitative estimate of drug-likeness (QED) is 0.404. The van der Waals surface area contributed by atoms with Crippen molar-refractivity contribution in [2.24, 2.45) is 0 Å². The zero-order valence-corrected chi connectivity index (χ0v) is 22.2. The molecule has 13 heteroatoms. The van der Waals surface area contributed by atoms with E-state index in [2.05, 4.69) is 34.7 Å². The van der Waals surface area contributed by atoms with Crippen molar-refractivity contribution in [1.82, 2.24) is 10.2 Å². The fourth-order valence-corrected chi connectivity index (χ4v) is 5.52. The summed E-state index contributed by atoms with van der Waals surface area (Å²) in [6, 6.07) is 12.5. The molecule has 1 aliphatic heterocycles. The number of hydrogen-bond acceptors (Lipinski definition) is 6. The number of carbonyl (C=O) groups excluding carboxylic acids is 1. The number of urea groups is 1. The second-order valence-electron chi connectivity index (χ2n) is 9.70. The van der Waals surface area contributed by atoms with E-state index < -0.39 is 18.1 Å². The van der Waals surface area contributed by atoms with E-state index in [9.17, 15) is 27.9 Å². The summed E-state index contributed by atoms with van der Waals surface area (Å²) in [5.41, 5.74) is 1.60. The average molecular weight is 568 g/mol. The summed E-state index contributed by atoms with van der Waals surface area (Å²) in [4.78, 5) is 35.4. The Hall–Kier alpha value is -4.00. The van der Waals surface area contributed by atoms with Crippen molar-refractivity contribution in [1.29, 1.82) is 0 Å². The van der Waals surface area contributed by atoms with E-state index in [0.29, 0.717) is 5.75 Å². The maximum absolute atomic E-state index is 12.7. The minimum Gasteiger partial charge on any atom is -0.493 e. The first-order valence-electron chi connectivity index (χ1n) is 12.4. The summed E-state index contributed by atoms with van der Waals surface area (Å²) in [7, 11) is 5.43.